The van der Waals surface area contributed by atoms with Gasteiger partial charge in [0.05, 0.1) is 13.9 Å². The van der Waals surface area contributed by atoms with Crippen molar-refractivity contribution in [3.05, 3.63) is 102 Å². The lowest BCUT2D eigenvalue weighted by Gasteiger charge is -2.36. The molecule has 0 aliphatic carbocycles. The van der Waals surface area contributed by atoms with Crippen LogP contribution >= 0.6 is 44.1 Å². The second-order valence-corrected chi connectivity index (χ2v) is 10.1. The number of thiocarbonyl (C=S) groups is 1. The number of rotatable bonds is 7. The summed E-state index contributed by atoms with van der Waals surface area (Å²) in [6, 6.07) is 20.8. The number of nitro groups is 1. The van der Waals surface area contributed by atoms with Crippen molar-refractivity contribution in [1.29, 1.82) is 0 Å². The van der Waals surface area contributed by atoms with Gasteiger partial charge >= 0.3 is 0 Å². The molecule has 0 spiro atoms. The first-order valence-electron chi connectivity index (χ1n) is 10.8. The number of ether oxygens (including phenoxy) is 1. The molecule has 3 aromatic rings. The van der Waals surface area contributed by atoms with E-state index in [1.165, 1.54) is 17.7 Å². The van der Waals surface area contributed by atoms with E-state index in [1.54, 1.807) is 12.1 Å². The van der Waals surface area contributed by atoms with Gasteiger partial charge in [0.25, 0.3) is 5.69 Å². The molecule has 0 saturated carbocycles. The molecule has 1 aliphatic rings. The van der Waals surface area contributed by atoms with Gasteiger partial charge in [-0.1, -0.05) is 42.5 Å². The highest BCUT2D eigenvalue weighted by Gasteiger charge is 2.21. The van der Waals surface area contributed by atoms with E-state index >= 15 is 0 Å². The fraction of sp³-hybridized carbons (Fsp3) is 0.240. The molecule has 4 rings (SSSR count). The van der Waals surface area contributed by atoms with Crippen molar-refractivity contribution in [3.63, 3.8) is 0 Å². The summed E-state index contributed by atoms with van der Waals surface area (Å²) in [6.45, 7) is 4.96. The molecule has 0 unspecified atom stereocenters. The minimum atomic E-state index is -0.414. The second-order valence-electron chi connectivity index (χ2n) is 8.04. The van der Waals surface area contributed by atoms with E-state index in [-0.39, 0.29) is 5.69 Å². The standard InChI is InChI=1S/C25H23Br2N3O3S/c26-22-14-20(15-23(27)24(22)33-17-19-6-8-21(9-7-19)30(31)32)25(34)29-12-10-28(11-13-29)16-18-4-2-1-3-5-18/h1-9,14-15H,10-13,16-17H2. The van der Waals surface area contributed by atoms with Crippen LogP contribution in [0.15, 0.2) is 75.7 Å². The topological polar surface area (TPSA) is 58.9 Å². The van der Waals surface area contributed by atoms with Gasteiger partial charge < -0.3 is 9.64 Å². The fourth-order valence-corrected chi connectivity index (χ4v) is 5.54. The van der Waals surface area contributed by atoms with Crippen LogP contribution in [-0.4, -0.2) is 45.9 Å². The van der Waals surface area contributed by atoms with Gasteiger partial charge in [0.2, 0.25) is 0 Å². The van der Waals surface area contributed by atoms with E-state index in [9.17, 15) is 10.1 Å². The monoisotopic (exact) mass is 603 g/mol. The molecule has 0 N–H and O–H groups in total. The number of benzene rings is 3. The molecular weight excluding hydrogens is 582 g/mol. The zero-order chi connectivity index (χ0) is 24.1. The predicted octanol–water partition coefficient (Wildman–Crippen LogP) is 6.19. The molecule has 0 bridgehead atoms. The van der Waals surface area contributed by atoms with Gasteiger partial charge in [-0.05, 0) is 67.3 Å². The van der Waals surface area contributed by atoms with E-state index in [4.69, 9.17) is 17.0 Å². The lowest BCUT2D eigenvalue weighted by Crippen LogP contribution is -2.48. The van der Waals surface area contributed by atoms with Crippen molar-refractivity contribution in [3.8, 4) is 5.75 Å². The second kappa shape index (κ2) is 11.4. The highest BCUT2D eigenvalue weighted by atomic mass is 79.9. The summed E-state index contributed by atoms with van der Waals surface area (Å²) in [5.74, 6) is 0.664. The van der Waals surface area contributed by atoms with Crippen LogP contribution < -0.4 is 4.74 Å². The van der Waals surface area contributed by atoms with Gasteiger partial charge in [-0.15, -0.1) is 0 Å². The van der Waals surface area contributed by atoms with E-state index in [1.807, 2.05) is 18.2 Å². The average Bonchev–Trinajstić information content (AvgIpc) is 2.84. The minimum Gasteiger partial charge on any atom is -0.487 e. The molecule has 0 aromatic heterocycles. The Hall–Kier alpha value is -2.33. The van der Waals surface area contributed by atoms with Crippen molar-refractivity contribution >= 4 is 54.8 Å². The first kappa shape index (κ1) is 24.8. The first-order valence-corrected chi connectivity index (χ1v) is 12.8. The summed E-state index contributed by atoms with van der Waals surface area (Å²) in [7, 11) is 0. The molecule has 9 heteroatoms. The van der Waals surface area contributed by atoms with Gasteiger partial charge in [-0.25, -0.2) is 0 Å². The Balaban J connectivity index is 1.35. The van der Waals surface area contributed by atoms with Gasteiger partial charge in [0.1, 0.15) is 17.3 Å². The maximum absolute atomic E-state index is 10.8. The largest absolute Gasteiger partial charge is 0.487 e. The number of nitro benzene ring substituents is 1. The molecule has 1 heterocycles. The van der Waals surface area contributed by atoms with E-state index in [2.05, 4.69) is 65.9 Å². The molecule has 1 fully saturated rings. The molecule has 0 radical (unpaired) electrons. The lowest BCUT2D eigenvalue weighted by atomic mass is 10.1. The van der Waals surface area contributed by atoms with Crippen LogP contribution in [0.5, 0.6) is 5.75 Å². The normalized spacial score (nSPS) is 14.1. The number of non-ortho nitro benzene ring substituents is 1. The van der Waals surface area contributed by atoms with Crippen LogP contribution in [0.4, 0.5) is 5.69 Å². The Bertz CT molecular complexity index is 1140. The van der Waals surface area contributed by atoms with Crippen LogP contribution in [0.3, 0.4) is 0 Å². The number of hydrogen-bond acceptors (Lipinski definition) is 5. The van der Waals surface area contributed by atoms with E-state index in [0.29, 0.717) is 12.4 Å². The molecule has 34 heavy (non-hydrogen) atoms. The van der Waals surface area contributed by atoms with Gasteiger partial charge in [0, 0.05) is 50.4 Å². The van der Waals surface area contributed by atoms with E-state index < -0.39 is 4.92 Å². The minimum absolute atomic E-state index is 0.0601. The molecule has 0 atom stereocenters. The van der Waals surface area contributed by atoms with Gasteiger partial charge in [-0.3, -0.25) is 15.0 Å². The molecule has 0 amide bonds. The number of halogens is 2. The number of hydrogen-bond donors (Lipinski definition) is 0. The van der Waals surface area contributed by atoms with Crippen LogP contribution in [0.2, 0.25) is 0 Å². The SMILES string of the molecule is O=[N+]([O-])c1ccc(COc2c(Br)cc(C(=S)N3CCN(Cc4ccccc4)CC3)cc2Br)cc1. The maximum Gasteiger partial charge on any atom is 0.269 e. The third-order valence-corrected chi connectivity index (χ3v) is 7.36. The summed E-state index contributed by atoms with van der Waals surface area (Å²) < 4.78 is 7.57. The predicted molar refractivity (Wildman–Crippen MR) is 144 cm³/mol. The zero-order valence-electron chi connectivity index (χ0n) is 18.3. The number of nitrogens with zero attached hydrogens (tertiary/aromatic N) is 3. The Morgan fingerprint density at radius 1 is 0.941 bits per heavy atom. The van der Waals surface area contributed by atoms with Crippen molar-refractivity contribution < 1.29 is 9.66 Å². The molecule has 6 nitrogen and oxygen atoms in total. The quantitative estimate of drug-likeness (QED) is 0.182. The highest BCUT2D eigenvalue weighted by molar-refractivity contribution is 9.11. The van der Waals surface area contributed by atoms with Crippen LogP contribution in [0.25, 0.3) is 0 Å². The first-order chi connectivity index (χ1) is 16.4. The third-order valence-electron chi connectivity index (χ3n) is 5.68. The molecule has 1 saturated heterocycles. The summed E-state index contributed by atoms with van der Waals surface area (Å²) in [5.41, 5.74) is 3.19. The molecule has 176 valence electrons. The molecule has 3 aromatic carbocycles. The Kier molecular flexibility index (Phi) is 8.31. The summed E-state index contributed by atoms with van der Waals surface area (Å²) >= 11 is 13.0. The lowest BCUT2D eigenvalue weighted by molar-refractivity contribution is -0.384. The summed E-state index contributed by atoms with van der Waals surface area (Å²) in [6.07, 6.45) is 0. The molecule has 1 aliphatic heterocycles. The number of piperazine rings is 1. The van der Waals surface area contributed by atoms with Crippen molar-refractivity contribution in [1.82, 2.24) is 9.80 Å². The maximum atomic E-state index is 10.8. The highest BCUT2D eigenvalue weighted by Crippen LogP contribution is 2.36. The van der Waals surface area contributed by atoms with Crippen molar-refractivity contribution in [2.24, 2.45) is 0 Å². The molecular formula is C25H23Br2N3O3S. The Labute approximate surface area is 220 Å². The smallest absolute Gasteiger partial charge is 0.269 e. The average molecular weight is 605 g/mol. The van der Waals surface area contributed by atoms with E-state index in [0.717, 1.165) is 57.8 Å². The Morgan fingerprint density at radius 2 is 1.56 bits per heavy atom. The van der Waals surface area contributed by atoms with Gasteiger partial charge in [-0.2, -0.15) is 0 Å². The fourth-order valence-electron chi connectivity index (χ4n) is 3.82. The van der Waals surface area contributed by atoms with Crippen LogP contribution in [0.1, 0.15) is 16.7 Å². The van der Waals surface area contributed by atoms with Crippen molar-refractivity contribution in [2.75, 3.05) is 26.2 Å². The zero-order valence-corrected chi connectivity index (χ0v) is 22.3. The summed E-state index contributed by atoms with van der Waals surface area (Å²) in [5, 5.41) is 10.8. The van der Waals surface area contributed by atoms with Crippen LogP contribution in [-0.2, 0) is 13.2 Å². The van der Waals surface area contributed by atoms with Crippen molar-refractivity contribution in [2.45, 2.75) is 13.2 Å². The van der Waals surface area contributed by atoms with Crippen LogP contribution in [0, 0.1) is 10.1 Å². The summed E-state index contributed by atoms with van der Waals surface area (Å²) in [4.78, 5) is 15.9. The Morgan fingerprint density at radius 3 is 2.15 bits per heavy atom. The third kappa shape index (κ3) is 6.21. The van der Waals surface area contributed by atoms with Gasteiger partial charge in [0.15, 0.2) is 0 Å².